The van der Waals surface area contributed by atoms with E-state index in [1.807, 2.05) is 25.1 Å². The standard InChI is InChI=1S/C23H39N3O/c1-4-6-7-11-16-25-17-12-9-8-10-13-19(3)26-23(27)22-15-14-21(24)18-20(22)5-2/h4,14-15,18-19,25H,1,5-13,16-17,24H2,2-3H3,(H,26,27)/t19-/m1/s1. The molecule has 1 rings (SSSR count). The van der Waals surface area contributed by atoms with Gasteiger partial charge in [-0.3, -0.25) is 4.79 Å². The number of hydrogen-bond donors (Lipinski definition) is 3. The van der Waals surface area contributed by atoms with Crippen LogP contribution in [0.3, 0.4) is 0 Å². The van der Waals surface area contributed by atoms with Gasteiger partial charge in [0.2, 0.25) is 0 Å². The Hall–Kier alpha value is -1.81. The van der Waals surface area contributed by atoms with E-state index in [4.69, 9.17) is 5.73 Å². The molecule has 152 valence electrons. The van der Waals surface area contributed by atoms with Gasteiger partial charge in [-0.15, -0.1) is 6.58 Å². The maximum atomic E-state index is 12.5. The normalized spacial score (nSPS) is 11.9. The molecule has 0 aliphatic carbocycles. The maximum absolute atomic E-state index is 12.5. The van der Waals surface area contributed by atoms with Gasteiger partial charge in [0.1, 0.15) is 0 Å². The number of aryl methyl sites for hydroxylation is 1. The molecule has 1 aromatic rings. The van der Waals surface area contributed by atoms with Crippen LogP contribution in [-0.2, 0) is 6.42 Å². The first kappa shape index (κ1) is 23.2. The van der Waals surface area contributed by atoms with Crippen molar-refractivity contribution in [2.24, 2.45) is 0 Å². The van der Waals surface area contributed by atoms with Crippen LogP contribution in [0.2, 0.25) is 0 Å². The molecule has 1 aromatic carbocycles. The molecule has 0 unspecified atom stereocenters. The molecule has 0 spiro atoms. The number of nitrogens with one attached hydrogen (secondary N) is 2. The topological polar surface area (TPSA) is 67.1 Å². The molecule has 0 radical (unpaired) electrons. The summed E-state index contributed by atoms with van der Waals surface area (Å²) >= 11 is 0. The number of hydrogen-bond acceptors (Lipinski definition) is 3. The average molecular weight is 374 g/mol. The molecule has 4 heteroatoms. The Morgan fingerprint density at radius 2 is 1.85 bits per heavy atom. The zero-order valence-electron chi connectivity index (χ0n) is 17.4. The van der Waals surface area contributed by atoms with Crippen molar-refractivity contribution in [1.29, 1.82) is 0 Å². The Labute approximate surface area is 166 Å². The zero-order valence-corrected chi connectivity index (χ0v) is 17.4. The van der Waals surface area contributed by atoms with Crippen LogP contribution >= 0.6 is 0 Å². The van der Waals surface area contributed by atoms with Crippen LogP contribution in [0.15, 0.2) is 30.9 Å². The molecule has 0 aliphatic rings. The van der Waals surface area contributed by atoms with Gasteiger partial charge < -0.3 is 16.4 Å². The first-order valence-electron chi connectivity index (χ1n) is 10.6. The van der Waals surface area contributed by atoms with E-state index in [-0.39, 0.29) is 11.9 Å². The molecule has 0 saturated heterocycles. The molecule has 0 heterocycles. The third-order valence-electron chi connectivity index (χ3n) is 4.88. The smallest absolute Gasteiger partial charge is 0.251 e. The monoisotopic (exact) mass is 373 g/mol. The van der Waals surface area contributed by atoms with E-state index in [1.54, 1.807) is 6.07 Å². The minimum absolute atomic E-state index is 0.0139. The zero-order chi connectivity index (χ0) is 19.9. The molecule has 1 amide bonds. The molecule has 0 saturated carbocycles. The van der Waals surface area contributed by atoms with Gasteiger partial charge in [0, 0.05) is 17.3 Å². The van der Waals surface area contributed by atoms with Crippen molar-refractivity contribution in [3.63, 3.8) is 0 Å². The van der Waals surface area contributed by atoms with E-state index >= 15 is 0 Å². The largest absolute Gasteiger partial charge is 0.399 e. The number of amides is 1. The predicted octanol–water partition coefficient (Wildman–Crippen LogP) is 4.85. The molecule has 1 atom stereocenters. The van der Waals surface area contributed by atoms with Crippen molar-refractivity contribution in [3.8, 4) is 0 Å². The fourth-order valence-corrected chi connectivity index (χ4v) is 3.22. The number of benzene rings is 1. The highest BCUT2D eigenvalue weighted by Gasteiger charge is 2.13. The lowest BCUT2D eigenvalue weighted by Crippen LogP contribution is -2.33. The summed E-state index contributed by atoms with van der Waals surface area (Å²) in [6.45, 7) is 10.1. The minimum Gasteiger partial charge on any atom is -0.399 e. The van der Waals surface area contributed by atoms with Gasteiger partial charge in [0.25, 0.3) is 5.91 Å². The first-order valence-corrected chi connectivity index (χ1v) is 10.6. The van der Waals surface area contributed by atoms with Gasteiger partial charge >= 0.3 is 0 Å². The molecule has 0 aromatic heterocycles. The summed E-state index contributed by atoms with van der Waals surface area (Å²) in [7, 11) is 0. The molecule has 0 fully saturated rings. The van der Waals surface area contributed by atoms with Gasteiger partial charge in [-0.25, -0.2) is 0 Å². The number of nitrogen functional groups attached to an aromatic ring is 1. The van der Waals surface area contributed by atoms with Crippen molar-refractivity contribution in [3.05, 3.63) is 42.0 Å². The summed E-state index contributed by atoms with van der Waals surface area (Å²) in [5.41, 5.74) is 8.29. The van der Waals surface area contributed by atoms with Crippen molar-refractivity contribution in [1.82, 2.24) is 10.6 Å². The van der Waals surface area contributed by atoms with Gasteiger partial charge in [-0.1, -0.05) is 32.3 Å². The number of carbonyl (C=O) groups excluding carboxylic acids is 1. The molecular formula is C23H39N3O. The first-order chi connectivity index (χ1) is 13.1. The van der Waals surface area contributed by atoms with Crippen LogP contribution in [0.5, 0.6) is 0 Å². The minimum atomic E-state index is 0.0139. The second kappa shape index (κ2) is 14.3. The maximum Gasteiger partial charge on any atom is 0.251 e. The van der Waals surface area contributed by atoms with Crippen molar-refractivity contribution < 1.29 is 4.79 Å². The van der Waals surface area contributed by atoms with E-state index in [9.17, 15) is 4.79 Å². The van der Waals surface area contributed by atoms with Crippen LogP contribution < -0.4 is 16.4 Å². The molecule has 27 heavy (non-hydrogen) atoms. The Morgan fingerprint density at radius 3 is 2.56 bits per heavy atom. The lowest BCUT2D eigenvalue weighted by Gasteiger charge is -2.15. The van der Waals surface area contributed by atoms with Crippen LogP contribution in [0.4, 0.5) is 5.69 Å². The highest BCUT2D eigenvalue weighted by atomic mass is 16.1. The van der Waals surface area contributed by atoms with E-state index in [2.05, 4.69) is 24.1 Å². The van der Waals surface area contributed by atoms with Gasteiger partial charge in [0.05, 0.1) is 0 Å². The molecular weight excluding hydrogens is 334 g/mol. The number of anilines is 1. The Morgan fingerprint density at radius 1 is 1.15 bits per heavy atom. The summed E-state index contributed by atoms with van der Waals surface area (Å²) in [5.74, 6) is 0.0139. The molecule has 4 nitrogen and oxygen atoms in total. The quantitative estimate of drug-likeness (QED) is 0.234. The molecule has 0 bridgehead atoms. The Balaban J connectivity index is 2.11. The van der Waals surface area contributed by atoms with Gasteiger partial charge in [0.15, 0.2) is 0 Å². The lowest BCUT2D eigenvalue weighted by atomic mass is 10.0. The SMILES string of the molecule is C=CCCCCNCCCCCC[C@@H](C)NC(=O)c1ccc(N)cc1CC. The van der Waals surface area contributed by atoms with E-state index in [0.29, 0.717) is 5.69 Å². The van der Waals surface area contributed by atoms with Gasteiger partial charge in [-0.05, 0) is 82.3 Å². The van der Waals surface area contributed by atoms with E-state index in [0.717, 1.165) is 49.9 Å². The highest BCUT2D eigenvalue weighted by Crippen LogP contribution is 2.15. The lowest BCUT2D eigenvalue weighted by molar-refractivity contribution is 0.0937. The highest BCUT2D eigenvalue weighted by molar-refractivity contribution is 5.96. The fraction of sp³-hybridized carbons (Fsp3) is 0.609. The summed E-state index contributed by atoms with van der Waals surface area (Å²) in [4.78, 5) is 12.5. The van der Waals surface area contributed by atoms with Gasteiger partial charge in [-0.2, -0.15) is 0 Å². The number of rotatable bonds is 15. The van der Waals surface area contributed by atoms with Crippen LogP contribution in [0.25, 0.3) is 0 Å². The second-order valence-electron chi connectivity index (χ2n) is 7.38. The van der Waals surface area contributed by atoms with Crippen LogP contribution in [0.1, 0.15) is 81.1 Å². The Bertz CT molecular complexity index is 557. The summed E-state index contributed by atoms with van der Waals surface area (Å²) < 4.78 is 0. The molecule has 0 aliphatic heterocycles. The number of unbranched alkanes of at least 4 members (excludes halogenated alkanes) is 5. The Kier molecular flexibility index (Phi) is 12.3. The molecule has 4 N–H and O–H groups in total. The third-order valence-corrected chi connectivity index (χ3v) is 4.88. The number of allylic oxidation sites excluding steroid dienone is 1. The van der Waals surface area contributed by atoms with Crippen molar-refractivity contribution in [2.45, 2.75) is 77.7 Å². The predicted molar refractivity (Wildman–Crippen MR) is 117 cm³/mol. The fourth-order valence-electron chi connectivity index (χ4n) is 3.22. The summed E-state index contributed by atoms with van der Waals surface area (Å²) in [6.07, 6.45) is 12.3. The third kappa shape index (κ3) is 10.2. The van der Waals surface area contributed by atoms with E-state index < -0.39 is 0 Å². The van der Waals surface area contributed by atoms with Crippen LogP contribution in [0, 0.1) is 0 Å². The average Bonchev–Trinajstić information content (AvgIpc) is 2.65. The second-order valence-corrected chi connectivity index (χ2v) is 7.38. The number of nitrogens with two attached hydrogens (primary N) is 1. The number of carbonyl (C=O) groups is 1. The van der Waals surface area contributed by atoms with Crippen molar-refractivity contribution in [2.75, 3.05) is 18.8 Å². The van der Waals surface area contributed by atoms with Crippen LogP contribution in [-0.4, -0.2) is 25.0 Å². The summed E-state index contributed by atoms with van der Waals surface area (Å²) in [6, 6.07) is 5.72. The van der Waals surface area contributed by atoms with E-state index in [1.165, 1.54) is 32.1 Å². The summed E-state index contributed by atoms with van der Waals surface area (Å²) in [5, 5.41) is 6.63. The van der Waals surface area contributed by atoms with Crippen molar-refractivity contribution >= 4 is 11.6 Å².